The van der Waals surface area contributed by atoms with Crippen molar-refractivity contribution in [1.82, 2.24) is 4.90 Å². The van der Waals surface area contributed by atoms with E-state index < -0.39 is 5.97 Å². The van der Waals surface area contributed by atoms with Gasteiger partial charge in [-0.3, -0.25) is 9.59 Å². The zero-order chi connectivity index (χ0) is 11.5. The lowest BCUT2D eigenvalue weighted by molar-refractivity contribution is -0.145. The number of piperidine rings is 1. The van der Waals surface area contributed by atoms with Gasteiger partial charge in [-0.15, -0.1) is 11.8 Å². The highest BCUT2D eigenvalue weighted by Gasteiger charge is 2.33. The molecule has 0 spiro atoms. The first kappa shape index (κ1) is 11.8. The van der Waals surface area contributed by atoms with Gasteiger partial charge in [-0.25, -0.2) is 0 Å². The molecule has 0 bridgehead atoms. The lowest BCUT2D eigenvalue weighted by atomic mass is 9.98. The molecule has 2 fully saturated rings. The molecule has 90 valence electrons. The number of hydrogen-bond acceptors (Lipinski definition) is 3. The van der Waals surface area contributed by atoms with Crippen molar-refractivity contribution in [3.8, 4) is 0 Å². The maximum Gasteiger partial charge on any atom is 0.308 e. The number of nitrogens with zero attached hydrogens (tertiary/aromatic N) is 1. The smallest absolute Gasteiger partial charge is 0.308 e. The largest absolute Gasteiger partial charge is 0.481 e. The summed E-state index contributed by atoms with van der Waals surface area (Å²) in [5.41, 5.74) is 0. The second kappa shape index (κ2) is 5.08. The van der Waals surface area contributed by atoms with Gasteiger partial charge < -0.3 is 10.0 Å². The quantitative estimate of drug-likeness (QED) is 0.792. The molecule has 1 N–H and O–H groups in total. The first-order valence-electron chi connectivity index (χ1n) is 5.81. The third-order valence-electron chi connectivity index (χ3n) is 3.29. The third kappa shape index (κ3) is 2.51. The predicted octanol–water partition coefficient (Wildman–Crippen LogP) is 1.21. The number of aliphatic carboxylic acids is 1. The topological polar surface area (TPSA) is 57.6 Å². The highest BCUT2D eigenvalue weighted by Crippen LogP contribution is 2.29. The minimum absolute atomic E-state index is 0.0903. The molecule has 1 amide bonds. The van der Waals surface area contributed by atoms with E-state index in [0.717, 1.165) is 31.6 Å². The summed E-state index contributed by atoms with van der Waals surface area (Å²) in [5.74, 6) is 0.0983. The van der Waals surface area contributed by atoms with Gasteiger partial charge in [0.1, 0.15) is 0 Å². The summed E-state index contributed by atoms with van der Waals surface area (Å²) in [5, 5.41) is 9.05. The molecule has 1 unspecified atom stereocenters. The molecule has 2 heterocycles. The van der Waals surface area contributed by atoms with E-state index >= 15 is 0 Å². The number of carboxylic acid groups (broad SMARTS) is 1. The molecule has 0 aromatic heterocycles. The van der Waals surface area contributed by atoms with E-state index in [1.165, 1.54) is 0 Å². The van der Waals surface area contributed by atoms with Gasteiger partial charge >= 0.3 is 5.97 Å². The van der Waals surface area contributed by atoms with Crippen LogP contribution >= 0.6 is 11.8 Å². The van der Waals surface area contributed by atoms with Crippen molar-refractivity contribution in [3.05, 3.63) is 0 Å². The Balaban J connectivity index is 1.93. The Kier molecular flexibility index (Phi) is 3.74. The number of likely N-dealkylation sites (tertiary alicyclic amines) is 1. The maximum absolute atomic E-state index is 12.1. The van der Waals surface area contributed by atoms with Gasteiger partial charge in [0.2, 0.25) is 5.91 Å². The van der Waals surface area contributed by atoms with Crippen molar-refractivity contribution >= 4 is 23.6 Å². The molecule has 16 heavy (non-hydrogen) atoms. The Morgan fingerprint density at radius 1 is 1.25 bits per heavy atom. The molecule has 0 radical (unpaired) electrons. The highest BCUT2D eigenvalue weighted by molar-refractivity contribution is 8.00. The summed E-state index contributed by atoms with van der Waals surface area (Å²) in [6, 6.07) is 0. The number of amides is 1. The van der Waals surface area contributed by atoms with Crippen molar-refractivity contribution in [2.75, 3.05) is 18.8 Å². The first-order valence-corrected chi connectivity index (χ1v) is 6.86. The van der Waals surface area contributed by atoms with E-state index in [4.69, 9.17) is 5.11 Å². The van der Waals surface area contributed by atoms with Gasteiger partial charge in [0.25, 0.3) is 0 Å². The number of carboxylic acids is 1. The second-order valence-electron chi connectivity index (χ2n) is 4.46. The van der Waals surface area contributed by atoms with Crippen molar-refractivity contribution in [2.24, 2.45) is 5.92 Å². The standard InChI is InChI=1S/C11H17NO3S/c13-10(9-4-2-6-16-9)12-5-1-3-8(7-12)11(14)15/h8-9H,1-7H2,(H,14,15)/t8-,9?/m0/s1. The van der Waals surface area contributed by atoms with Crippen LogP contribution in [-0.2, 0) is 9.59 Å². The van der Waals surface area contributed by atoms with Gasteiger partial charge in [-0.2, -0.15) is 0 Å². The van der Waals surface area contributed by atoms with Crippen LogP contribution in [0.4, 0.5) is 0 Å². The van der Waals surface area contributed by atoms with Crippen molar-refractivity contribution < 1.29 is 14.7 Å². The number of rotatable bonds is 2. The van der Waals surface area contributed by atoms with Crippen LogP contribution in [0.3, 0.4) is 0 Å². The lowest BCUT2D eigenvalue weighted by Crippen LogP contribution is -2.45. The van der Waals surface area contributed by atoms with Crippen molar-refractivity contribution in [2.45, 2.75) is 30.9 Å². The Morgan fingerprint density at radius 3 is 2.69 bits per heavy atom. The van der Waals surface area contributed by atoms with Crippen LogP contribution in [0.1, 0.15) is 25.7 Å². The molecule has 0 aromatic carbocycles. The van der Waals surface area contributed by atoms with Crippen molar-refractivity contribution in [1.29, 1.82) is 0 Å². The summed E-state index contributed by atoms with van der Waals surface area (Å²) in [7, 11) is 0. The number of carbonyl (C=O) groups excluding carboxylic acids is 1. The molecule has 5 heteroatoms. The molecular weight excluding hydrogens is 226 g/mol. The van der Waals surface area contributed by atoms with E-state index in [-0.39, 0.29) is 17.1 Å². The molecule has 2 rings (SSSR count). The van der Waals surface area contributed by atoms with Crippen LogP contribution in [0.25, 0.3) is 0 Å². The molecular formula is C11H17NO3S. The molecule has 0 aliphatic carbocycles. The molecule has 2 aliphatic rings. The van der Waals surface area contributed by atoms with Crippen LogP contribution in [0.15, 0.2) is 0 Å². The normalized spacial score (nSPS) is 30.4. The Morgan fingerprint density at radius 2 is 2.06 bits per heavy atom. The van der Waals surface area contributed by atoms with Crippen LogP contribution in [0.2, 0.25) is 0 Å². The highest BCUT2D eigenvalue weighted by atomic mass is 32.2. The number of hydrogen-bond donors (Lipinski definition) is 1. The van der Waals surface area contributed by atoms with E-state index in [1.54, 1.807) is 16.7 Å². The van der Waals surface area contributed by atoms with Gasteiger partial charge in [-0.05, 0) is 31.4 Å². The zero-order valence-electron chi connectivity index (χ0n) is 9.22. The lowest BCUT2D eigenvalue weighted by Gasteiger charge is -2.32. The van der Waals surface area contributed by atoms with E-state index in [0.29, 0.717) is 13.0 Å². The van der Waals surface area contributed by atoms with Crippen LogP contribution in [0, 0.1) is 5.92 Å². The number of carbonyl (C=O) groups is 2. The third-order valence-corrected chi connectivity index (χ3v) is 4.65. The molecule has 2 aliphatic heterocycles. The van der Waals surface area contributed by atoms with Crippen molar-refractivity contribution in [3.63, 3.8) is 0 Å². The van der Waals surface area contributed by atoms with E-state index in [2.05, 4.69) is 0 Å². The van der Waals surface area contributed by atoms with E-state index in [9.17, 15) is 9.59 Å². The SMILES string of the molecule is O=C(O)[C@H]1CCCN(C(=O)C2CCCS2)C1. The fourth-order valence-electron chi connectivity index (χ4n) is 2.35. The Hall–Kier alpha value is -0.710. The van der Waals surface area contributed by atoms with Gasteiger partial charge in [0, 0.05) is 13.1 Å². The first-order chi connectivity index (χ1) is 7.68. The summed E-state index contributed by atoms with van der Waals surface area (Å²) in [4.78, 5) is 24.7. The average molecular weight is 243 g/mol. The maximum atomic E-state index is 12.1. The van der Waals surface area contributed by atoms with Gasteiger partial charge in [0.15, 0.2) is 0 Å². The number of thioether (sulfide) groups is 1. The van der Waals surface area contributed by atoms with Crippen LogP contribution in [-0.4, -0.2) is 46.0 Å². The molecule has 2 saturated heterocycles. The summed E-state index contributed by atoms with van der Waals surface area (Å²) >= 11 is 1.72. The predicted molar refractivity (Wildman–Crippen MR) is 62.4 cm³/mol. The summed E-state index contributed by atoms with van der Waals surface area (Å²) in [6.45, 7) is 1.14. The van der Waals surface area contributed by atoms with E-state index in [1.807, 2.05) is 0 Å². The minimum Gasteiger partial charge on any atom is -0.481 e. The Bertz CT molecular complexity index is 289. The Labute approximate surface area is 99.4 Å². The molecule has 2 atom stereocenters. The fraction of sp³-hybridized carbons (Fsp3) is 0.818. The molecule has 0 saturated carbocycles. The zero-order valence-corrected chi connectivity index (χ0v) is 10.0. The van der Waals surface area contributed by atoms with Crippen LogP contribution < -0.4 is 0 Å². The summed E-state index contributed by atoms with van der Waals surface area (Å²) < 4.78 is 0. The minimum atomic E-state index is -0.767. The second-order valence-corrected chi connectivity index (χ2v) is 5.77. The van der Waals surface area contributed by atoms with Gasteiger partial charge in [0.05, 0.1) is 11.2 Å². The fourth-order valence-corrected chi connectivity index (χ4v) is 3.60. The van der Waals surface area contributed by atoms with Gasteiger partial charge in [-0.1, -0.05) is 0 Å². The van der Waals surface area contributed by atoms with Crippen LogP contribution in [0.5, 0.6) is 0 Å². The summed E-state index contributed by atoms with van der Waals surface area (Å²) in [6.07, 6.45) is 3.59. The average Bonchev–Trinajstić information content (AvgIpc) is 2.81. The molecule has 4 nitrogen and oxygen atoms in total. The monoisotopic (exact) mass is 243 g/mol. The molecule has 0 aromatic rings.